The highest BCUT2D eigenvalue weighted by molar-refractivity contribution is 7.09. The van der Waals surface area contributed by atoms with Crippen LogP contribution in [0.2, 0.25) is 0 Å². The van der Waals surface area contributed by atoms with E-state index < -0.39 is 6.17 Å². The number of thiazole rings is 1. The third-order valence-electron chi connectivity index (χ3n) is 3.96. The van der Waals surface area contributed by atoms with Gasteiger partial charge in [-0.25, -0.2) is 9.37 Å². The van der Waals surface area contributed by atoms with Crippen LogP contribution in [0, 0.1) is 6.92 Å². The van der Waals surface area contributed by atoms with E-state index in [1.807, 2.05) is 24.6 Å². The zero-order valence-corrected chi connectivity index (χ0v) is 13.5. The summed E-state index contributed by atoms with van der Waals surface area (Å²) in [6, 6.07) is 4.32. The number of hydrogen-bond donors (Lipinski definition) is 1. The molecule has 0 spiro atoms. The number of halogens is 1. The quantitative estimate of drug-likeness (QED) is 0.888. The monoisotopic (exact) mass is 320 g/mol. The molecular formula is C16H21FN4S. The summed E-state index contributed by atoms with van der Waals surface area (Å²) in [5.74, 6) is 0. The predicted octanol–water partition coefficient (Wildman–Crippen LogP) is 2.55. The Kier molecular flexibility index (Phi) is 5.12. The van der Waals surface area contributed by atoms with Crippen molar-refractivity contribution in [1.29, 1.82) is 0 Å². The van der Waals surface area contributed by atoms with Gasteiger partial charge in [-0.2, -0.15) is 0 Å². The van der Waals surface area contributed by atoms with Crippen LogP contribution in [0.25, 0.3) is 0 Å². The van der Waals surface area contributed by atoms with Gasteiger partial charge in [-0.15, -0.1) is 11.3 Å². The summed E-state index contributed by atoms with van der Waals surface area (Å²) in [6.07, 6.45) is 3.54. The van der Waals surface area contributed by atoms with E-state index in [1.54, 1.807) is 17.5 Å². The highest BCUT2D eigenvalue weighted by Crippen LogP contribution is 2.23. The molecule has 4 nitrogen and oxygen atoms in total. The van der Waals surface area contributed by atoms with Crippen molar-refractivity contribution in [2.24, 2.45) is 0 Å². The molecule has 1 N–H and O–H groups in total. The Morgan fingerprint density at radius 3 is 3.05 bits per heavy atom. The Labute approximate surface area is 134 Å². The van der Waals surface area contributed by atoms with Crippen LogP contribution in [-0.4, -0.2) is 40.2 Å². The first-order chi connectivity index (χ1) is 10.7. The molecule has 1 aliphatic heterocycles. The molecule has 118 valence electrons. The molecule has 3 rings (SSSR count). The number of aryl methyl sites for hydroxylation is 1. The van der Waals surface area contributed by atoms with Crippen LogP contribution in [-0.2, 0) is 13.1 Å². The molecule has 0 radical (unpaired) electrons. The number of rotatable bonds is 6. The number of alkyl halides is 1. The van der Waals surface area contributed by atoms with Gasteiger partial charge < -0.3 is 5.32 Å². The summed E-state index contributed by atoms with van der Waals surface area (Å²) >= 11 is 1.63. The van der Waals surface area contributed by atoms with Crippen molar-refractivity contribution in [2.45, 2.75) is 38.6 Å². The Bertz CT molecular complexity index is 572. The average molecular weight is 320 g/mol. The van der Waals surface area contributed by atoms with E-state index >= 15 is 0 Å². The van der Waals surface area contributed by atoms with Gasteiger partial charge in [0.1, 0.15) is 11.2 Å². The van der Waals surface area contributed by atoms with Gasteiger partial charge in [-0.05, 0) is 25.0 Å². The van der Waals surface area contributed by atoms with Gasteiger partial charge in [0.05, 0.1) is 12.2 Å². The molecule has 0 saturated carbocycles. The second kappa shape index (κ2) is 7.26. The smallest absolute Gasteiger partial charge is 0.114 e. The van der Waals surface area contributed by atoms with Gasteiger partial charge in [0.25, 0.3) is 0 Å². The summed E-state index contributed by atoms with van der Waals surface area (Å²) < 4.78 is 13.7. The first-order valence-corrected chi connectivity index (χ1v) is 8.47. The lowest BCUT2D eigenvalue weighted by atomic mass is 10.2. The highest BCUT2D eigenvalue weighted by atomic mass is 32.1. The van der Waals surface area contributed by atoms with Crippen LogP contribution in [0.5, 0.6) is 0 Å². The van der Waals surface area contributed by atoms with E-state index in [1.165, 1.54) is 0 Å². The van der Waals surface area contributed by atoms with Crippen LogP contribution >= 0.6 is 11.3 Å². The number of nitrogens with zero attached hydrogens (tertiary/aromatic N) is 3. The maximum absolute atomic E-state index is 13.7. The van der Waals surface area contributed by atoms with E-state index in [9.17, 15) is 4.39 Å². The van der Waals surface area contributed by atoms with Gasteiger partial charge in [-0.3, -0.25) is 9.88 Å². The fourth-order valence-electron chi connectivity index (χ4n) is 2.80. The number of likely N-dealkylation sites (tertiary alicyclic amines) is 1. The van der Waals surface area contributed by atoms with Crippen LogP contribution in [0.15, 0.2) is 29.9 Å². The minimum absolute atomic E-state index is 0.226. The molecule has 0 aliphatic carbocycles. The minimum atomic E-state index is -0.732. The molecular weight excluding hydrogens is 299 g/mol. The molecule has 6 heteroatoms. The molecule has 2 atom stereocenters. The van der Waals surface area contributed by atoms with E-state index in [2.05, 4.69) is 26.3 Å². The topological polar surface area (TPSA) is 41.0 Å². The lowest BCUT2D eigenvalue weighted by Crippen LogP contribution is -2.37. The summed E-state index contributed by atoms with van der Waals surface area (Å²) in [5, 5.41) is 6.43. The van der Waals surface area contributed by atoms with E-state index in [-0.39, 0.29) is 6.04 Å². The maximum atomic E-state index is 13.7. The summed E-state index contributed by atoms with van der Waals surface area (Å²) in [5.41, 5.74) is 2.18. The molecule has 1 fully saturated rings. The number of nitrogens with one attached hydrogen (secondary N) is 1. The van der Waals surface area contributed by atoms with Gasteiger partial charge in [0, 0.05) is 43.4 Å². The Morgan fingerprint density at radius 1 is 1.41 bits per heavy atom. The summed E-state index contributed by atoms with van der Waals surface area (Å²) in [6.45, 7) is 4.78. The highest BCUT2D eigenvalue weighted by Gasteiger charge is 2.32. The Morgan fingerprint density at radius 2 is 2.32 bits per heavy atom. The molecule has 0 unspecified atom stereocenters. The molecule has 1 saturated heterocycles. The predicted molar refractivity (Wildman–Crippen MR) is 86.5 cm³/mol. The van der Waals surface area contributed by atoms with Crippen molar-refractivity contribution >= 4 is 11.3 Å². The molecule has 0 bridgehead atoms. The van der Waals surface area contributed by atoms with Crippen LogP contribution in [0.1, 0.15) is 22.7 Å². The largest absolute Gasteiger partial charge is 0.310 e. The molecule has 22 heavy (non-hydrogen) atoms. The van der Waals surface area contributed by atoms with Crippen molar-refractivity contribution in [3.8, 4) is 0 Å². The minimum Gasteiger partial charge on any atom is -0.310 e. The van der Waals surface area contributed by atoms with Gasteiger partial charge >= 0.3 is 0 Å². The molecule has 3 heterocycles. The second-order valence-corrected chi connectivity index (χ2v) is 6.78. The fraction of sp³-hybridized carbons (Fsp3) is 0.500. The van der Waals surface area contributed by atoms with Crippen molar-refractivity contribution in [1.82, 2.24) is 20.2 Å². The van der Waals surface area contributed by atoms with E-state index in [0.717, 1.165) is 35.9 Å². The van der Waals surface area contributed by atoms with Crippen LogP contribution < -0.4 is 5.32 Å². The standard InChI is InChI=1S/C16H21FN4S/c1-12-2-3-14(20-7-12)8-18-9-15-6-13(17)10-21(15)11-16-19-4-5-22-16/h2-5,7,13,15,18H,6,8-11H2,1H3/t13-,15-/m0/s1. The van der Waals surface area contributed by atoms with Crippen molar-refractivity contribution in [3.63, 3.8) is 0 Å². The normalized spacial score (nSPS) is 22.3. The second-order valence-electron chi connectivity index (χ2n) is 5.80. The SMILES string of the molecule is Cc1ccc(CNC[C@@H]2C[C@H](F)CN2Cc2nccs2)nc1. The summed E-state index contributed by atoms with van der Waals surface area (Å²) in [7, 11) is 0. The number of pyridine rings is 1. The van der Waals surface area contributed by atoms with Crippen LogP contribution in [0.4, 0.5) is 4.39 Å². The average Bonchev–Trinajstić information content (AvgIpc) is 3.12. The zero-order chi connectivity index (χ0) is 15.4. The zero-order valence-electron chi connectivity index (χ0n) is 12.7. The Balaban J connectivity index is 1.50. The lowest BCUT2D eigenvalue weighted by molar-refractivity contribution is 0.229. The van der Waals surface area contributed by atoms with Gasteiger partial charge in [0.2, 0.25) is 0 Å². The third kappa shape index (κ3) is 4.09. The molecule has 2 aromatic rings. The summed E-state index contributed by atoms with van der Waals surface area (Å²) in [4.78, 5) is 10.9. The lowest BCUT2D eigenvalue weighted by Gasteiger charge is -2.23. The molecule has 0 amide bonds. The van der Waals surface area contributed by atoms with Crippen molar-refractivity contribution in [3.05, 3.63) is 46.2 Å². The van der Waals surface area contributed by atoms with E-state index in [0.29, 0.717) is 13.0 Å². The van der Waals surface area contributed by atoms with Gasteiger partial charge in [-0.1, -0.05) is 6.07 Å². The van der Waals surface area contributed by atoms with Gasteiger partial charge in [0.15, 0.2) is 0 Å². The maximum Gasteiger partial charge on any atom is 0.114 e. The molecule has 0 aromatic carbocycles. The Hall–Kier alpha value is -1.37. The first kappa shape index (κ1) is 15.5. The third-order valence-corrected chi connectivity index (χ3v) is 4.72. The van der Waals surface area contributed by atoms with E-state index in [4.69, 9.17) is 0 Å². The first-order valence-electron chi connectivity index (χ1n) is 7.59. The molecule has 1 aliphatic rings. The fourth-order valence-corrected chi connectivity index (χ4v) is 3.44. The van der Waals surface area contributed by atoms with Crippen LogP contribution in [0.3, 0.4) is 0 Å². The molecule has 2 aromatic heterocycles. The number of aromatic nitrogens is 2. The number of hydrogen-bond acceptors (Lipinski definition) is 5. The van der Waals surface area contributed by atoms with Crippen molar-refractivity contribution < 1.29 is 4.39 Å². The van der Waals surface area contributed by atoms with Crippen molar-refractivity contribution in [2.75, 3.05) is 13.1 Å².